The van der Waals surface area contributed by atoms with Crippen molar-refractivity contribution in [2.24, 2.45) is 11.0 Å². The van der Waals surface area contributed by atoms with Crippen molar-refractivity contribution in [2.45, 2.75) is 51.6 Å². The molecule has 114 valence electrons. The average molecular weight is 306 g/mol. The third-order valence-corrected chi connectivity index (χ3v) is 4.35. The van der Waals surface area contributed by atoms with Crippen LogP contribution in [0.2, 0.25) is 0 Å². The van der Waals surface area contributed by atoms with Crippen molar-refractivity contribution in [3.63, 3.8) is 0 Å². The second-order valence-electron chi connectivity index (χ2n) is 5.51. The fourth-order valence-electron chi connectivity index (χ4n) is 2.39. The van der Waals surface area contributed by atoms with Crippen molar-refractivity contribution in [3.05, 3.63) is 17.5 Å². The third-order valence-electron chi connectivity index (χ3n) is 3.51. The third kappa shape index (κ3) is 5.12. The summed E-state index contributed by atoms with van der Waals surface area (Å²) in [5.74, 6) is 0.663. The Balaban J connectivity index is 1.83. The van der Waals surface area contributed by atoms with E-state index in [2.05, 4.69) is 27.4 Å². The van der Waals surface area contributed by atoms with Crippen LogP contribution in [0.3, 0.4) is 0 Å². The number of carbonyl (C=O) groups excluding carboxylic acids is 1. The molecule has 1 aromatic heterocycles. The van der Waals surface area contributed by atoms with Crippen LogP contribution in [-0.4, -0.2) is 27.3 Å². The molecule has 5 nitrogen and oxygen atoms in total. The number of amides is 1. The van der Waals surface area contributed by atoms with E-state index >= 15 is 0 Å². The van der Waals surface area contributed by atoms with E-state index in [-0.39, 0.29) is 11.7 Å². The van der Waals surface area contributed by atoms with Gasteiger partial charge in [-0.1, -0.05) is 25.1 Å². The topological polar surface area (TPSA) is 67.2 Å². The average Bonchev–Trinajstić information content (AvgIpc) is 2.43. The summed E-state index contributed by atoms with van der Waals surface area (Å²) in [5, 5.41) is 4.91. The summed E-state index contributed by atoms with van der Waals surface area (Å²) in [5.41, 5.74) is 5.60. The Bertz CT molecular complexity index is 524. The molecule has 0 spiro atoms. The number of hydrogen-bond donors (Lipinski definition) is 1. The van der Waals surface area contributed by atoms with Gasteiger partial charge in [0.1, 0.15) is 0 Å². The molecule has 0 radical (unpaired) electrons. The first-order valence-electron chi connectivity index (χ1n) is 7.35. The van der Waals surface area contributed by atoms with Crippen LogP contribution in [0.25, 0.3) is 0 Å². The Morgan fingerprint density at radius 1 is 1.38 bits per heavy atom. The Kier molecular flexibility index (Phi) is 5.73. The lowest BCUT2D eigenvalue weighted by Crippen LogP contribution is -2.25. The van der Waals surface area contributed by atoms with Crippen LogP contribution < -0.4 is 5.43 Å². The van der Waals surface area contributed by atoms with Gasteiger partial charge in [-0.25, -0.2) is 15.4 Å². The molecule has 0 saturated heterocycles. The van der Waals surface area contributed by atoms with Gasteiger partial charge in [0.05, 0.1) is 5.75 Å². The molecule has 1 saturated carbocycles. The van der Waals surface area contributed by atoms with E-state index in [9.17, 15) is 4.79 Å². The lowest BCUT2D eigenvalue weighted by atomic mass is 9.89. The van der Waals surface area contributed by atoms with Crippen LogP contribution in [0.1, 0.15) is 44.0 Å². The normalized spacial score (nSPS) is 20.5. The second kappa shape index (κ2) is 7.54. The van der Waals surface area contributed by atoms with Gasteiger partial charge in [0, 0.05) is 17.1 Å². The zero-order valence-corrected chi connectivity index (χ0v) is 13.7. The van der Waals surface area contributed by atoms with Gasteiger partial charge in [-0.2, -0.15) is 5.10 Å². The smallest absolute Gasteiger partial charge is 0.250 e. The highest BCUT2D eigenvalue weighted by Crippen LogP contribution is 2.20. The highest BCUT2D eigenvalue weighted by atomic mass is 32.2. The van der Waals surface area contributed by atoms with Gasteiger partial charge in [-0.3, -0.25) is 4.79 Å². The first-order chi connectivity index (χ1) is 10.0. The fraction of sp³-hybridized carbons (Fsp3) is 0.600. The first-order valence-corrected chi connectivity index (χ1v) is 8.33. The Morgan fingerprint density at radius 3 is 2.76 bits per heavy atom. The van der Waals surface area contributed by atoms with Crippen molar-refractivity contribution in [3.8, 4) is 0 Å². The zero-order chi connectivity index (χ0) is 15.2. The molecule has 0 bridgehead atoms. The molecule has 1 aromatic rings. The maximum atomic E-state index is 11.8. The number of nitrogens with zero attached hydrogens (tertiary/aromatic N) is 3. The molecule has 1 aliphatic carbocycles. The lowest BCUT2D eigenvalue weighted by Gasteiger charge is -2.19. The molecule has 1 heterocycles. The van der Waals surface area contributed by atoms with Crippen molar-refractivity contribution < 1.29 is 4.79 Å². The molecule has 6 heteroatoms. The maximum absolute atomic E-state index is 11.8. The van der Waals surface area contributed by atoms with E-state index in [4.69, 9.17) is 0 Å². The molecule has 1 fully saturated rings. The number of nitrogens with one attached hydrogen (secondary N) is 1. The summed E-state index contributed by atoms with van der Waals surface area (Å²) in [7, 11) is 0. The maximum Gasteiger partial charge on any atom is 0.250 e. The predicted octanol–water partition coefficient (Wildman–Crippen LogP) is 2.87. The SMILES string of the molecule is Cc1cc(C)nc(SCC(=O)N/N=C2/CCCCC2C)n1. The quantitative estimate of drug-likeness (QED) is 0.527. The highest BCUT2D eigenvalue weighted by molar-refractivity contribution is 7.99. The number of hydrazone groups is 1. The van der Waals surface area contributed by atoms with Crippen LogP contribution in [0.4, 0.5) is 0 Å². The van der Waals surface area contributed by atoms with E-state index < -0.39 is 0 Å². The molecular weight excluding hydrogens is 284 g/mol. The molecule has 1 amide bonds. The summed E-state index contributed by atoms with van der Waals surface area (Å²) in [6, 6.07) is 1.92. The molecular formula is C15H22N4OS. The van der Waals surface area contributed by atoms with Crippen molar-refractivity contribution in [1.82, 2.24) is 15.4 Å². The summed E-state index contributed by atoms with van der Waals surface area (Å²) in [6.07, 6.45) is 4.59. The second-order valence-corrected chi connectivity index (χ2v) is 6.45. The van der Waals surface area contributed by atoms with Gasteiger partial charge in [-0.05, 0) is 45.1 Å². The van der Waals surface area contributed by atoms with E-state index in [1.165, 1.54) is 31.0 Å². The molecule has 1 unspecified atom stereocenters. The van der Waals surface area contributed by atoms with Gasteiger partial charge in [0.15, 0.2) is 5.16 Å². The number of aromatic nitrogens is 2. The highest BCUT2D eigenvalue weighted by Gasteiger charge is 2.16. The number of hydrogen-bond acceptors (Lipinski definition) is 5. The lowest BCUT2D eigenvalue weighted by molar-refractivity contribution is -0.118. The monoisotopic (exact) mass is 306 g/mol. The molecule has 21 heavy (non-hydrogen) atoms. The van der Waals surface area contributed by atoms with Crippen LogP contribution in [0.5, 0.6) is 0 Å². The van der Waals surface area contributed by atoms with Gasteiger partial charge in [0.2, 0.25) is 0 Å². The van der Waals surface area contributed by atoms with E-state index in [0.717, 1.165) is 23.5 Å². The van der Waals surface area contributed by atoms with Gasteiger partial charge >= 0.3 is 0 Å². The predicted molar refractivity (Wildman–Crippen MR) is 85.4 cm³/mol. The van der Waals surface area contributed by atoms with Crippen LogP contribution >= 0.6 is 11.8 Å². The van der Waals surface area contributed by atoms with E-state index in [1.807, 2.05) is 19.9 Å². The van der Waals surface area contributed by atoms with Gasteiger partial charge < -0.3 is 0 Å². The van der Waals surface area contributed by atoms with Crippen LogP contribution in [-0.2, 0) is 4.79 Å². The zero-order valence-electron chi connectivity index (χ0n) is 12.8. The Morgan fingerprint density at radius 2 is 2.10 bits per heavy atom. The largest absolute Gasteiger partial charge is 0.272 e. The minimum Gasteiger partial charge on any atom is -0.272 e. The summed E-state index contributed by atoms with van der Waals surface area (Å²) in [6.45, 7) is 6.02. The first kappa shape index (κ1) is 15.9. The summed E-state index contributed by atoms with van der Waals surface area (Å²) < 4.78 is 0. The minimum atomic E-state index is -0.104. The van der Waals surface area contributed by atoms with Gasteiger partial charge in [-0.15, -0.1) is 0 Å². The number of thioether (sulfide) groups is 1. The molecule has 0 aliphatic heterocycles. The summed E-state index contributed by atoms with van der Waals surface area (Å²) >= 11 is 1.34. The van der Waals surface area contributed by atoms with Gasteiger partial charge in [0.25, 0.3) is 5.91 Å². The number of aryl methyl sites for hydroxylation is 2. The standard InChI is InChI=1S/C15H22N4OS/c1-10-6-4-5-7-13(10)18-19-14(20)9-21-15-16-11(2)8-12(3)17-15/h8,10H,4-7,9H2,1-3H3,(H,19,20)/b18-13-. The molecule has 1 atom stereocenters. The Hall–Kier alpha value is -1.43. The summed E-state index contributed by atoms with van der Waals surface area (Å²) in [4.78, 5) is 20.4. The number of rotatable bonds is 4. The Labute approximate surface area is 130 Å². The minimum absolute atomic E-state index is 0.104. The van der Waals surface area contributed by atoms with E-state index in [1.54, 1.807) is 0 Å². The van der Waals surface area contributed by atoms with Crippen LogP contribution in [0, 0.1) is 19.8 Å². The molecule has 1 aliphatic rings. The molecule has 0 aromatic carbocycles. The fourth-order valence-corrected chi connectivity index (χ4v) is 3.13. The van der Waals surface area contributed by atoms with Crippen molar-refractivity contribution in [1.29, 1.82) is 0 Å². The molecule has 2 rings (SSSR count). The van der Waals surface area contributed by atoms with Crippen LogP contribution in [0.15, 0.2) is 16.3 Å². The number of carbonyl (C=O) groups is 1. The van der Waals surface area contributed by atoms with Crippen molar-refractivity contribution >= 4 is 23.4 Å². The van der Waals surface area contributed by atoms with Crippen molar-refractivity contribution in [2.75, 3.05) is 5.75 Å². The molecule has 1 N–H and O–H groups in total. The van der Waals surface area contributed by atoms with E-state index in [0.29, 0.717) is 11.1 Å².